The van der Waals surface area contributed by atoms with E-state index in [9.17, 15) is 9.59 Å². The number of fused-ring (bicyclic) bond motifs is 1. The van der Waals surface area contributed by atoms with E-state index in [2.05, 4.69) is 18.2 Å². The summed E-state index contributed by atoms with van der Waals surface area (Å²) in [5, 5.41) is 2.03. The monoisotopic (exact) mass is 419 g/mol. The lowest BCUT2D eigenvalue weighted by Crippen LogP contribution is -2.31. The first-order valence-electron chi connectivity index (χ1n) is 9.60. The number of nitrogens with zero attached hydrogens (tertiary/aromatic N) is 1. The first kappa shape index (κ1) is 20.2. The van der Waals surface area contributed by atoms with Gasteiger partial charge < -0.3 is 9.47 Å². The van der Waals surface area contributed by atoms with E-state index in [-0.39, 0.29) is 17.7 Å². The molecular formula is C24H21NO4S. The minimum absolute atomic E-state index is 0.248. The highest BCUT2D eigenvalue weighted by Gasteiger charge is 2.34. The summed E-state index contributed by atoms with van der Waals surface area (Å²) in [6, 6.07) is 21.8. The molecule has 3 aromatic rings. The number of carbonyl (C=O) groups excluding carboxylic acids is 2. The minimum Gasteiger partial charge on any atom is -0.488 e. The number of ether oxygens (including phenoxy) is 2. The Kier molecular flexibility index (Phi) is 6.16. The van der Waals surface area contributed by atoms with Gasteiger partial charge in [0.15, 0.2) is 0 Å². The van der Waals surface area contributed by atoms with Gasteiger partial charge >= 0.3 is 0 Å². The summed E-state index contributed by atoms with van der Waals surface area (Å²) in [4.78, 5) is 26.3. The highest BCUT2D eigenvalue weighted by Crippen LogP contribution is 2.34. The SMILES string of the molecule is COCCN1C(=O)S/C(=C/c2ccccc2OCc2cccc3ccccc23)C1=O. The summed E-state index contributed by atoms with van der Waals surface area (Å²) in [5.41, 5.74) is 1.85. The second-order valence-electron chi connectivity index (χ2n) is 6.79. The molecule has 0 aromatic heterocycles. The molecular weight excluding hydrogens is 398 g/mol. The van der Waals surface area contributed by atoms with E-state index in [0.29, 0.717) is 23.9 Å². The van der Waals surface area contributed by atoms with Crippen LogP contribution in [0.3, 0.4) is 0 Å². The molecule has 4 rings (SSSR count). The molecule has 5 nitrogen and oxygen atoms in total. The van der Waals surface area contributed by atoms with Crippen molar-refractivity contribution in [2.45, 2.75) is 6.61 Å². The van der Waals surface area contributed by atoms with Gasteiger partial charge in [0.05, 0.1) is 18.1 Å². The van der Waals surface area contributed by atoms with Crippen LogP contribution in [0.4, 0.5) is 4.79 Å². The number of hydrogen-bond donors (Lipinski definition) is 0. The van der Waals surface area contributed by atoms with Crippen molar-refractivity contribution >= 4 is 39.8 Å². The molecule has 0 atom stereocenters. The topological polar surface area (TPSA) is 55.8 Å². The Morgan fingerprint density at radius 2 is 1.73 bits per heavy atom. The highest BCUT2D eigenvalue weighted by molar-refractivity contribution is 8.18. The van der Waals surface area contributed by atoms with Crippen molar-refractivity contribution in [2.24, 2.45) is 0 Å². The van der Waals surface area contributed by atoms with Crippen LogP contribution < -0.4 is 4.74 Å². The summed E-state index contributed by atoms with van der Waals surface area (Å²) in [6.45, 7) is 0.968. The predicted molar refractivity (Wildman–Crippen MR) is 119 cm³/mol. The molecule has 0 unspecified atom stereocenters. The van der Waals surface area contributed by atoms with Gasteiger partial charge in [-0.25, -0.2) is 0 Å². The van der Waals surface area contributed by atoms with E-state index >= 15 is 0 Å². The van der Waals surface area contributed by atoms with Gasteiger partial charge in [0, 0.05) is 12.7 Å². The number of para-hydroxylation sites is 1. The average molecular weight is 420 g/mol. The molecule has 1 aliphatic rings. The molecule has 0 spiro atoms. The van der Waals surface area contributed by atoms with Gasteiger partial charge in [-0.05, 0) is 40.2 Å². The summed E-state index contributed by atoms with van der Waals surface area (Å²) >= 11 is 0.940. The number of rotatable bonds is 7. The largest absolute Gasteiger partial charge is 0.488 e. The third-order valence-corrected chi connectivity index (χ3v) is 5.77. The lowest BCUT2D eigenvalue weighted by Gasteiger charge is -2.12. The molecule has 1 saturated heterocycles. The maximum Gasteiger partial charge on any atom is 0.293 e. The van der Waals surface area contributed by atoms with E-state index in [1.165, 1.54) is 4.90 Å². The van der Waals surface area contributed by atoms with Crippen LogP contribution in [0, 0.1) is 0 Å². The molecule has 2 amide bonds. The van der Waals surface area contributed by atoms with Crippen LogP contribution in [-0.4, -0.2) is 36.3 Å². The molecule has 0 bridgehead atoms. The van der Waals surface area contributed by atoms with E-state index in [0.717, 1.165) is 33.7 Å². The summed E-state index contributed by atoms with van der Waals surface area (Å²) < 4.78 is 11.1. The van der Waals surface area contributed by atoms with Crippen LogP contribution in [0.25, 0.3) is 16.8 Å². The van der Waals surface area contributed by atoms with Crippen LogP contribution in [0.1, 0.15) is 11.1 Å². The molecule has 0 aliphatic carbocycles. The van der Waals surface area contributed by atoms with Gasteiger partial charge in [-0.15, -0.1) is 0 Å². The molecule has 6 heteroatoms. The number of benzene rings is 3. The number of thioether (sulfide) groups is 1. The van der Waals surface area contributed by atoms with Gasteiger partial charge in [0.2, 0.25) is 0 Å². The van der Waals surface area contributed by atoms with Crippen molar-refractivity contribution < 1.29 is 19.1 Å². The van der Waals surface area contributed by atoms with Crippen LogP contribution in [0.15, 0.2) is 71.6 Å². The Bertz CT molecular complexity index is 1120. The maximum absolute atomic E-state index is 12.6. The molecule has 0 saturated carbocycles. The fourth-order valence-electron chi connectivity index (χ4n) is 3.32. The zero-order valence-corrected chi connectivity index (χ0v) is 17.4. The minimum atomic E-state index is -0.300. The number of amides is 2. The zero-order valence-electron chi connectivity index (χ0n) is 16.5. The van der Waals surface area contributed by atoms with Crippen molar-refractivity contribution in [1.29, 1.82) is 0 Å². The van der Waals surface area contributed by atoms with Gasteiger partial charge in [0.25, 0.3) is 11.1 Å². The fraction of sp³-hybridized carbons (Fsp3) is 0.167. The number of carbonyl (C=O) groups is 2. The molecule has 152 valence electrons. The van der Waals surface area contributed by atoms with E-state index in [1.54, 1.807) is 13.2 Å². The van der Waals surface area contributed by atoms with E-state index in [1.807, 2.05) is 48.5 Å². The average Bonchev–Trinajstić information content (AvgIpc) is 3.04. The van der Waals surface area contributed by atoms with Gasteiger partial charge in [0.1, 0.15) is 12.4 Å². The molecule has 3 aromatic carbocycles. The highest BCUT2D eigenvalue weighted by atomic mass is 32.2. The first-order chi connectivity index (χ1) is 14.7. The van der Waals surface area contributed by atoms with E-state index < -0.39 is 0 Å². The Morgan fingerprint density at radius 1 is 0.967 bits per heavy atom. The molecule has 0 radical (unpaired) electrons. The Labute approximate surface area is 179 Å². The normalized spacial score (nSPS) is 15.4. The summed E-state index contributed by atoms with van der Waals surface area (Å²) in [5.74, 6) is 0.361. The first-order valence-corrected chi connectivity index (χ1v) is 10.4. The second-order valence-corrected chi connectivity index (χ2v) is 7.78. The molecule has 0 N–H and O–H groups in total. The Morgan fingerprint density at radius 3 is 2.60 bits per heavy atom. The predicted octanol–water partition coefficient (Wildman–Crippen LogP) is 5.10. The lowest BCUT2D eigenvalue weighted by atomic mass is 10.1. The van der Waals surface area contributed by atoms with Crippen LogP contribution in [0.5, 0.6) is 5.75 Å². The second kappa shape index (κ2) is 9.15. The quantitative estimate of drug-likeness (QED) is 0.499. The third-order valence-electron chi connectivity index (χ3n) is 4.86. The number of methoxy groups -OCH3 is 1. The number of hydrogen-bond acceptors (Lipinski definition) is 5. The zero-order chi connectivity index (χ0) is 20.9. The van der Waals surface area contributed by atoms with Crippen molar-refractivity contribution in [1.82, 2.24) is 4.90 Å². The number of imide groups is 1. The molecule has 1 aliphatic heterocycles. The van der Waals surface area contributed by atoms with E-state index in [4.69, 9.17) is 9.47 Å². The van der Waals surface area contributed by atoms with Crippen LogP contribution in [-0.2, 0) is 16.1 Å². The standard InChI is InChI=1S/C24H21NO4S/c1-28-14-13-25-23(26)22(30-24(25)27)15-18-8-3-5-12-21(18)29-16-19-10-6-9-17-7-2-4-11-20(17)19/h2-12,15H,13-14,16H2,1H3/b22-15+. The molecule has 1 heterocycles. The van der Waals surface area contributed by atoms with Gasteiger partial charge in [-0.1, -0.05) is 60.7 Å². The molecule has 30 heavy (non-hydrogen) atoms. The third kappa shape index (κ3) is 4.25. The van der Waals surface area contributed by atoms with Gasteiger partial charge in [-0.2, -0.15) is 0 Å². The van der Waals surface area contributed by atoms with Crippen molar-refractivity contribution in [3.63, 3.8) is 0 Å². The maximum atomic E-state index is 12.6. The Hall–Kier alpha value is -3.09. The Balaban J connectivity index is 1.55. The van der Waals surface area contributed by atoms with Crippen molar-refractivity contribution in [2.75, 3.05) is 20.3 Å². The van der Waals surface area contributed by atoms with Crippen LogP contribution >= 0.6 is 11.8 Å². The smallest absolute Gasteiger partial charge is 0.293 e. The lowest BCUT2D eigenvalue weighted by molar-refractivity contribution is -0.123. The fourth-order valence-corrected chi connectivity index (χ4v) is 4.18. The van der Waals surface area contributed by atoms with Crippen molar-refractivity contribution in [3.05, 3.63) is 82.8 Å². The summed E-state index contributed by atoms with van der Waals surface area (Å²) in [6.07, 6.45) is 1.72. The molecule has 1 fully saturated rings. The van der Waals surface area contributed by atoms with Gasteiger partial charge in [-0.3, -0.25) is 14.5 Å². The summed E-state index contributed by atoms with van der Waals surface area (Å²) in [7, 11) is 1.54. The van der Waals surface area contributed by atoms with Crippen LogP contribution in [0.2, 0.25) is 0 Å². The van der Waals surface area contributed by atoms with Crippen molar-refractivity contribution in [3.8, 4) is 5.75 Å².